The number of rotatable bonds is 4. The second-order valence-corrected chi connectivity index (χ2v) is 3.31. The highest BCUT2D eigenvalue weighted by Crippen LogP contribution is 2.17. The van der Waals surface area contributed by atoms with Crippen LogP contribution in [0, 0.1) is 10.1 Å². The maximum Gasteiger partial charge on any atom is 0.433 e. The Morgan fingerprint density at radius 2 is 2.11 bits per heavy atom. The Kier molecular flexibility index (Phi) is 3.37. The van der Waals surface area contributed by atoms with Gasteiger partial charge in [-0.05, 0) is 6.07 Å². The minimum Gasteiger partial charge on any atom is -0.467 e. The molecule has 9 nitrogen and oxygen atoms in total. The smallest absolute Gasteiger partial charge is 0.433 e. The fourth-order valence-corrected chi connectivity index (χ4v) is 1.23. The van der Waals surface area contributed by atoms with Crippen LogP contribution in [0.3, 0.4) is 0 Å². The number of hydrogen-bond acceptors (Lipinski definition) is 7. The summed E-state index contributed by atoms with van der Waals surface area (Å²) in [6, 6.07) is 2.46. The molecule has 0 atom stereocenters. The van der Waals surface area contributed by atoms with E-state index in [2.05, 4.69) is 15.3 Å². The van der Waals surface area contributed by atoms with Crippen LogP contribution in [0.25, 0.3) is 0 Å². The molecule has 0 saturated carbocycles. The van der Waals surface area contributed by atoms with Crippen LogP contribution >= 0.6 is 0 Å². The van der Waals surface area contributed by atoms with Crippen molar-refractivity contribution in [3.8, 4) is 6.01 Å². The maximum atomic E-state index is 11.7. The molecule has 0 aliphatic heterocycles. The Morgan fingerprint density at radius 1 is 1.42 bits per heavy atom. The number of hydrogen-bond donors (Lipinski definition) is 1. The first-order chi connectivity index (χ1) is 9.10. The average Bonchev–Trinajstić information content (AvgIpc) is 2.89. The molecule has 2 aromatic rings. The zero-order valence-electron chi connectivity index (χ0n) is 9.69. The summed E-state index contributed by atoms with van der Waals surface area (Å²) < 4.78 is 9.51. The van der Waals surface area contributed by atoms with Crippen molar-refractivity contribution in [2.45, 2.75) is 0 Å². The third kappa shape index (κ3) is 2.83. The zero-order valence-corrected chi connectivity index (χ0v) is 9.69. The highest BCUT2D eigenvalue weighted by Gasteiger charge is 2.17. The van der Waals surface area contributed by atoms with Gasteiger partial charge in [-0.1, -0.05) is 0 Å². The topological polar surface area (TPSA) is 120 Å². The largest absolute Gasteiger partial charge is 0.467 e. The molecule has 1 amide bonds. The van der Waals surface area contributed by atoms with Gasteiger partial charge < -0.3 is 14.5 Å². The number of nitrogens with one attached hydrogen (secondary N) is 1. The Bertz CT molecular complexity index is 607. The van der Waals surface area contributed by atoms with Crippen LogP contribution in [0.4, 0.5) is 11.6 Å². The summed E-state index contributed by atoms with van der Waals surface area (Å²) >= 11 is 0. The molecule has 98 valence electrons. The van der Waals surface area contributed by atoms with E-state index in [4.69, 9.17) is 9.15 Å². The molecular weight excluding hydrogens is 256 g/mol. The minimum atomic E-state index is -0.729. The van der Waals surface area contributed by atoms with E-state index in [1.165, 1.54) is 25.6 Å². The lowest BCUT2D eigenvalue weighted by Gasteiger charge is -2.02. The average molecular weight is 264 g/mol. The lowest BCUT2D eigenvalue weighted by atomic mass is 10.4. The van der Waals surface area contributed by atoms with Crippen LogP contribution in [-0.2, 0) is 0 Å². The predicted octanol–water partition coefficient (Wildman–Crippen LogP) is 1.24. The second kappa shape index (κ2) is 5.12. The minimum absolute atomic E-state index is 0.159. The third-order valence-corrected chi connectivity index (χ3v) is 2.06. The van der Waals surface area contributed by atoms with E-state index < -0.39 is 16.7 Å². The van der Waals surface area contributed by atoms with Crippen LogP contribution in [0.15, 0.2) is 28.9 Å². The molecule has 0 aromatic carbocycles. The number of nitrogens with zero attached hydrogens (tertiary/aromatic N) is 3. The fourth-order valence-electron chi connectivity index (χ4n) is 1.23. The van der Waals surface area contributed by atoms with Crippen molar-refractivity contribution in [2.24, 2.45) is 0 Å². The molecule has 0 unspecified atom stereocenters. The van der Waals surface area contributed by atoms with Crippen LogP contribution in [0.1, 0.15) is 10.6 Å². The summed E-state index contributed by atoms with van der Waals surface area (Å²) in [7, 11) is 1.41. The zero-order chi connectivity index (χ0) is 13.8. The molecule has 19 heavy (non-hydrogen) atoms. The first kappa shape index (κ1) is 12.5. The maximum absolute atomic E-state index is 11.7. The normalized spacial score (nSPS) is 9.95. The molecule has 0 aliphatic carbocycles. The van der Waals surface area contributed by atoms with Gasteiger partial charge in [-0.3, -0.25) is 14.9 Å². The van der Waals surface area contributed by atoms with E-state index in [-0.39, 0.29) is 11.8 Å². The molecule has 0 bridgehead atoms. The summed E-state index contributed by atoms with van der Waals surface area (Å²) in [4.78, 5) is 29.0. The molecule has 0 saturated heterocycles. The highest BCUT2D eigenvalue weighted by molar-refractivity contribution is 6.02. The van der Waals surface area contributed by atoms with E-state index in [0.717, 1.165) is 6.07 Å². The lowest BCUT2D eigenvalue weighted by Crippen LogP contribution is -2.11. The number of anilines is 1. The molecule has 0 fully saturated rings. The van der Waals surface area contributed by atoms with Crippen molar-refractivity contribution >= 4 is 17.5 Å². The predicted molar refractivity (Wildman–Crippen MR) is 61.9 cm³/mol. The summed E-state index contributed by atoms with van der Waals surface area (Å²) in [5.41, 5.74) is 0.310. The summed E-state index contributed by atoms with van der Waals surface area (Å²) in [6.45, 7) is 0. The third-order valence-electron chi connectivity index (χ3n) is 2.06. The SMILES string of the molecule is COc1ncc(NC(=O)c2ccc([N+](=O)[O-])o2)cn1. The molecule has 9 heteroatoms. The van der Waals surface area contributed by atoms with Gasteiger partial charge in [-0.25, -0.2) is 9.97 Å². The summed E-state index contributed by atoms with van der Waals surface area (Å²) in [6.07, 6.45) is 2.67. The molecule has 0 spiro atoms. The quantitative estimate of drug-likeness (QED) is 0.651. The van der Waals surface area contributed by atoms with Gasteiger partial charge in [-0.2, -0.15) is 0 Å². The van der Waals surface area contributed by atoms with Crippen LogP contribution in [0.5, 0.6) is 6.01 Å². The number of aromatic nitrogens is 2. The van der Waals surface area contributed by atoms with Gasteiger partial charge >= 0.3 is 11.9 Å². The molecule has 2 heterocycles. The fraction of sp³-hybridized carbons (Fsp3) is 0.100. The van der Waals surface area contributed by atoms with E-state index in [9.17, 15) is 14.9 Å². The van der Waals surface area contributed by atoms with Crippen LogP contribution in [-0.4, -0.2) is 27.9 Å². The number of carbonyl (C=O) groups excluding carboxylic acids is 1. The number of furan rings is 1. The van der Waals surface area contributed by atoms with Crippen molar-refractivity contribution in [2.75, 3.05) is 12.4 Å². The number of ether oxygens (including phenoxy) is 1. The van der Waals surface area contributed by atoms with E-state index in [0.29, 0.717) is 5.69 Å². The van der Waals surface area contributed by atoms with Crippen LogP contribution in [0.2, 0.25) is 0 Å². The Labute approximate surface area is 106 Å². The van der Waals surface area contributed by atoms with Gasteiger partial charge in [0.15, 0.2) is 5.76 Å². The first-order valence-corrected chi connectivity index (χ1v) is 5.02. The number of carbonyl (C=O) groups is 1. The number of amides is 1. The standard InChI is InChI=1S/C10H8N4O5/c1-18-10-11-4-6(5-12-10)13-9(15)7-2-3-8(19-7)14(16)17/h2-5H,1H3,(H,13,15). The van der Waals surface area contributed by atoms with Crippen molar-refractivity contribution < 1.29 is 18.9 Å². The molecular formula is C10H8N4O5. The Balaban J connectivity index is 2.08. The van der Waals surface area contributed by atoms with Gasteiger partial charge in [0.1, 0.15) is 4.92 Å². The lowest BCUT2D eigenvalue weighted by molar-refractivity contribution is -0.402. The first-order valence-electron chi connectivity index (χ1n) is 5.02. The van der Waals surface area contributed by atoms with Gasteiger partial charge in [0.05, 0.1) is 31.3 Å². The monoisotopic (exact) mass is 264 g/mol. The van der Waals surface area contributed by atoms with Crippen molar-refractivity contribution in [3.63, 3.8) is 0 Å². The van der Waals surface area contributed by atoms with Gasteiger partial charge in [0.25, 0.3) is 5.91 Å². The van der Waals surface area contributed by atoms with E-state index in [1.54, 1.807) is 0 Å². The Hall–Kier alpha value is -2.97. The van der Waals surface area contributed by atoms with Gasteiger partial charge in [-0.15, -0.1) is 0 Å². The highest BCUT2D eigenvalue weighted by atomic mass is 16.6. The van der Waals surface area contributed by atoms with Gasteiger partial charge in [0.2, 0.25) is 0 Å². The molecule has 2 aromatic heterocycles. The number of nitro groups is 1. The van der Waals surface area contributed by atoms with Gasteiger partial charge in [0, 0.05) is 0 Å². The molecule has 2 rings (SSSR count). The van der Waals surface area contributed by atoms with Crippen molar-refractivity contribution in [3.05, 3.63) is 40.4 Å². The van der Waals surface area contributed by atoms with Crippen molar-refractivity contribution in [1.82, 2.24) is 9.97 Å². The second-order valence-electron chi connectivity index (χ2n) is 3.31. The van der Waals surface area contributed by atoms with Crippen molar-refractivity contribution in [1.29, 1.82) is 0 Å². The molecule has 1 N–H and O–H groups in total. The number of methoxy groups -OCH3 is 1. The summed E-state index contributed by atoms with van der Waals surface area (Å²) in [5.74, 6) is -1.32. The van der Waals surface area contributed by atoms with E-state index in [1.807, 2.05) is 0 Å². The molecule has 0 aliphatic rings. The van der Waals surface area contributed by atoms with E-state index >= 15 is 0 Å². The van der Waals surface area contributed by atoms with Crippen LogP contribution < -0.4 is 10.1 Å². The summed E-state index contributed by atoms with van der Waals surface area (Å²) in [5, 5.41) is 12.8. The Morgan fingerprint density at radius 3 is 2.63 bits per heavy atom. The molecule has 0 radical (unpaired) electrons.